The van der Waals surface area contributed by atoms with Gasteiger partial charge in [-0.15, -0.1) is 0 Å². The lowest BCUT2D eigenvalue weighted by atomic mass is 10.0. The second-order valence-electron chi connectivity index (χ2n) is 7.30. The summed E-state index contributed by atoms with van der Waals surface area (Å²) >= 11 is 0. The summed E-state index contributed by atoms with van der Waals surface area (Å²) in [7, 11) is 0. The molecule has 0 unspecified atom stereocenters. The number of benzene rings is 2. The van der Waals surface area contributed by atoms with Crippen LogP contribution in [0.2, 0.25) is 0 Å². The van der Waals surface area contributed by atoms with Crippen molar-refractivity contribution in [2.24, 2.45) is 5.92 Å². The number of rotatable bonds is 7. The maximum atomic E-state index is 12.7. The van der Waals surface area contributed by atoms with Gasteiger partial charge < -0.3 is 4.74 Å². The third-order valence-electron chi connectivity index (χ3n) is 5.01. The number of imide groups is 1. The Labute approximate surface area is 169 Å². The monoisotopic (exact) mass is 393 g/mol. The molecule has 1 aliphatic rings. The van der Waals surface area contributed by atoms with E-state index in [1.807, 2.05) is 19.1 Å². The highest BCUT2D eigenvalue weighted by atomic mass is 16.5. The fraction of sp³-hybridized carbons (Fsp3) is 0.304. The Hall–Kier alpha value is -3.28. The van der Waals surface area contributed by atoms with E-state index in [4.69, 9.17) is 4.74 Å². The molecule has 2 aromatic carbocycles. The molecule has 6 heteroatoms. The van der Waals surface area contributed by atoms with E-state index in [1.54, 1.807) is 50.2 Å². The number of amides is 2. The number of hydrogen-bond donors (Lipinski definition) is 0. The van der Waals surface area contributed by atoms with Crippen molar-refractivity contribution in [1.29, 1.82) is 0 Å². The molecule has 1 heterocycles. The molecule has 0 bridgehead atoms. The fourth-order valence-corrected chi connectivity index (χ4v) is 3.37. The molecule has 0 N–H and O–H groups in total. The summed E-state index contributed by atoms with van der Waals surface area (Å²) in [5, 5.41) is 0. The lowest BCUT2D eigenvalue weighted by Crippen LogP contribution is -2.49. The van der Waals surface area contributed by atoms with Crippen molar-refractivity contribution in [2.45, 2.75) is 33.2 Å². The molecular weight excluding hydrogens is 370 g/mol. The SMILES string of the molecule is CCc1ccc(C(=O)COC(=O)[C@H](C(C)C)N2C(=O)c3ccccc3C2=O)cc1. The number of aryl methyl sites for hydroxylation is 1. The Balaban J connectivity index is 1.73. The highest BCUT2D eigenvalue weighted by Gasteiger charge is 2.44. The average molecular weight is 393 g/mol. The maximum Gasteiger partial charge on any atom is 0.330 e. The van der Waals surface area contributed by atoms with Gasteiger partial charge in [0.1, 0.15) is 6.04 Å². The largest absolute Gasteiger partial charge is 0.456 e. The lowest BCUT2D eigenvalue weighted by Gasteiger charge is -2.27. The van der Waals surface area contributed by atoms with Gasteiger partial charge in [0.05, 0.1) is 11.1 Å². The smallest absolute Gasteiger partial charge is 0.330 e. The van der Waals surface area contributed by atoms with E-state index in [0.29, 0.717) is 5.56 Å². The number of esters is 1. The third-order valence-corrected chi connectivity index (χ3v) is 5.01. The van der Waals surface area contributed by atoms with Crippen molar-refractivity contribution < 1.29 is 23.9 Å². The summed E-state index contributed by atoms with van der Waals surface area (Å²) in [5.41, 5.74) is 2.08. The van der Waals surface area contributed by atoms with Gasteiger partial charge in [-0.05, 0) is 30.0 Å². The van der Waals surface area contributed by atoms with Crippen molar-refractivity contribution in [3.8, 4) is 0 Å². The number of carbonyl (C=O) groups excluding carboxylic acids is 4. The van der Waals surface area contributed by atoms with Crippen LogP contribution in [-0.2, 0) is 16.0 Å². The van der Waals surface area contributed by atoms with Crippen LogP contribution in [0.25, 0.3) is 0 Å². The predicted molar refractivity (Wildman–Crippen MR) is 107 cm³/mol. The minimum Gasteiger partial charge on any atom is -0.456 e. The van der Waals surface area contributed by atoms with Crippen LogP contribution in [0, 0.1) is 5.92 Å². The van der Waals surface area contributed by atoms with Crippen LogP contribution in [0.15, 0.2) is 48.5 Å². The van der Waals surface area contributed by atoms with E-state index in [2.05, 4.69) is 0 Å². The number of hydrogen-bond acceptors (Lipinski definition) is 5. The molecule has 1 atom stereocenters. The minimum absolute atomic E-state index is 0.267. The van der Waals surface area contributed by atoms with Gasteiger partial charge in [-0.3, -0.25) is 19.3 Å². The van der Waals surface area contributed by atoms with Gasteiger partial charge in [0.15, 0.2) is 12.4 Å². The highest BCUT2D eigenvalue weighted by Crippen LogP contribution is 2.27. The Morgan fingerprint density at radius 3 is 1.97 bits per heavy atom. The van der Waals surface area contributed by atoms with Crippen LogP contribution in [-0.4, -0.2) is 41.1 Å². The van der Waals surface area contributed by atoms with Gasteiger partial charge in [-0.25, -0.2) is 4.79 Å². The Bertz CT molecular complexity index is 926. The van der Waals surface area contributed by atoms with E-state index in [-0.39, 0.29) is 22.8 Å². The molecule has 2 amide bonds. The topological polar surface area (TPSA) is 80.8 Å². The summed E-state index contributed by atoms with van der Waals surface area (Å²) in [6.07, 6.45) is 0.861. The summed E-state index contributed by atoms with van der Waals surface area (Å²) in [5.74, 6) is -2.53. The lowest BCUT2D eigenvalue weighted by molar-refractivity contribution is -0.148. The Morgan fingerprint density at radius 1 is 0.931 bits per heavy atom. The zero-order valence-electron chi connectivity index (χ0n) is 16.7. The first kappa shape index (κ1) is 20.5. The molecular formula is C23H23NO5. The summed E-state index contributed by atoms with van der Waals surface area (Å²) in [4.78, 5) is 51.4. The predicted octanol–water partition coefficient (Wildman–Crippen LogP) is 3.30. The van der Waals surface area contributed by atoms with Crippen molar-refractivity contribution in [3.63, 3.8) is 0 Å². The molecule has 1 aliphatic heterocycles. The number of nitrogens with zero attached hydrogens (tertiary/aromatic N) is 1. The van der Waals surface area contributed by atoms with Gasteiger partial charge in [0.2, 0.25) is 0 Å². The first-order chi connectivity index (χ1) is 13.8. The second-order valence-corrected chi connectivity index (χ2v) is 7.30. The number of Topliss-reactive ketones (excluding diaryl/α,β-unsaturated/α-hetero) is 1. The molecule has 0 fully saturated rings. The van der Waals surface area contributed by atoms with Crippen molar-refractivity contribution in [3.05, 3.63) is 70.8 Å². The standard InChI is InChI=1S/C23H23NO5/c1-4-15-9-11-16(12-10-15)19(25)13-29-23(28)20(14(2)3)24-21(26)17-7-5-6-8-18(17)22(24)27/h5-12,14,20H,4,13H2,1-3H3/t20-/m0/s1. The van der Waals surface area contributed by atoms with E-state index in [1.165, 1.54) is 0 Å². The summed E-state index contributed by atoms with van der Waals surface area (Å²) in [6, 6.07) is 12.4. The quantitative estimate of drug-likeness (QED) is 0.410. The molecule has 29 heavy (non-hydrogen) atoms. The van der Waals surface area contributed by atoms with Crippen LogP contribution in [0.1, 0.15) is 57.4 Å². The molecule has 0 saturated heterocycles. The van der Waals surface area contributed by atoms with Gasteiger partial charge >= 0.3 is 5.97 Å². The highest BCUT2D eigenvalue weighted by molar-refractivity contribution is 6.22. The van der Waals surface area contributed by atoms with Crippen molar-refractivity contribution >= 4 is 23.6 Å². The molecule has 0 aliphatic carbocycles. The molecule has 0 spiro atoms. The molecule has 2 aromatic rings. The van der Waals surface area contributed by atoms with Crippen molar-refractivity contribution in [2.75, 3.05) is 6.61 Å². The molecule has 0 radical (unpaired) electrons. The Morgan fingerprint density at radius 2 is 1.48 bits per heavy atom. The second kappa shape index (κ2) is 8.39. The van der Waals surface area contributed by atoms with E-state index < -0.39 is 30.4 Å². The zero-order chi connectivity index (χ0) is 21.1. The number of ether oxygens (including phenoxy) is 1. The first-order valence-corrected chi connectivity index (χ1v) is 9.60. The molecule has 0 saturated carbocycles. The van der Waals surface area contributed by atoms with E-state index >= 15 is 0 Å². The van der Waals surface area contributed by atoms with Gasteiger partial charge in [0.25, 0.3) is 11.8 Å². The molecule has 3 rings (SSSR count). The fourth-order valence-electron chi connectivity index (χ4n) is 3.37. The van der Waals surface area contributed by atoms with Crippen molar-refractivity contribution in [1.82, 2.24) is 4.90 Å². The summed E-state index contributed by atoms with van der Waals surface area (Å²) in [6.45, 7) is 5.02. The maximum absolute atomic E-state index is 12.7. The minimum atomic E-state index is -1.10. The van der Waals surface area contributed by atoms with Crippen LogP contribution < -0.4 is 0 Å². The van der Waals surface area contributed by atoms with Gasteiger partial charge in [0, 0.05) is 5.56 Å². The molecule has 6 nitrogen and oxygen atoms in total. The molecule has 150 valence electrons. The Kier molecular flexibility index (Phi) is 5.92. The number of ketones is 1. The average Bonchev–Trinajstić information content (AvgIpc) is 2.97. The number of fused-ring (bicyclic) bond motifs is 1. The zero-order valence-corrected chi connectivity index (χ0v) is 16.7. The molecule has 0 aromatic heterocycles. The van der Waals surface area contributed by atoms with Gasteiger partial charge in [-0.2, -0.15) is 0 Å². The summed E-state index contributed by atoms with van der Waals surface area (Å²) < 4.78 is 5.21. The first-order valence-electron chi connectivity index (χ1n) is 9.60. The normalized spacial score (nSPS) is 14.1. The number of carbonyl (C=O) groups is 4. The van der Waals surface area contributed by atoms with E-state index in [9.17, 15) is 19.2 Å². The van der Waals surface area contributed by atoms with Crippen LogP contribution in [0.5, 0.6) is 0 Å². The van der Waals surface area contributed by atoms with Crippen LogP contribution in [0.4, 0.5) is 0 Å². The van der Waals surface area contributed by atoms with Crippen LogP contribution >= 0.6 is 0 Å². The third kappa shape index (κ3) is 3.97. The van der Waals surface area contributed by atoms with Gasteiger partial charge in [-0.1, -0.05) is 57.2 Å². The van der Waals surface area contributed by atoms with Crippen LogP contribution in [0.3, 0.4) is 0 Å². The van der Waals surface area contributed by atoms with E-state index in [0.717, 1.165) is 16.9 Å².